The second-order valence-corrected chi connectivity index (χ2v) is 5.94. The van der Waals surface area contributed by atoms with Crippen LogP contribution in [0.15, 0.2) is 46.6 Å². The van der Waals surface area contributed by atoms with Crippen LogP contribution in [-0.4, -0.2) is 36.5 Å². The predicted molar refractivity (Wildman–Crippen MR) is 97.9 cm³/mol. The molecule has 0 saturated carbocycles. The number of azo groups is 1. The van der Waals surface area contributed by atoms with Crippen molar-refractivity contribution in [2.24, 2.45) is 10.2 Å². The highest BCUT2D eigenvalue weighted by atomic mass is 19.4. The summed E-state index contributed by atoms with van der Waals surface area (Å²) in [5.41, 5.74) is 0.428. The summed E-state index contributed by atoms with van der Waals surface area (Å²) < 4.78 is 39.1. The van der Waals surface area contributed by atoms with Gasteiger partial charge in [-0.1, -0.05) is 0 Å². The molecular weight excluding hydrogens is 373 g/mol. The molecule has 0 spiro atoms. The van der Waals surface area contributed by atoms with E-state index >= 15 is 0 Å². The number of benzene rings is 2. The van der Waals surface area contributed by atoms with E-state index < -0.39 is 17.3 Å². The van der Waals surface area contributed by atoms with E-state index in [9.17, 15) is 13.2 Å². The Morgan fingerprint density at radius 2 is 1.71 bits per heavy atom. The van der Waals surface area contributed by atoms with Gasteiger partial charge in [0, 0.05) is 18.8 Å². The van der Waals surface area contributed by atoms with E-state index in [0.29, 0.717) is 18.8 Å². The van der Waals surface area contributed by atoms with E-state index in [-0.39, 0.29) is 18.9 Å². The van der Waals surface area contributed by atoms with Crippen LogP contribution in [0.2, 0.25) is 0 Å². The minimum absolute atomic E-state index is 0.0167. The molecule has 0 heterocycles. The Hall–Kier alpha value is -2.96. The third-order valence-corrected chi connectivity index (χ3v) is 3.99. The van der Waals surface area contributed by atoms with E-state index in [0.717, 1.165) is 23.4 Å². The Morgan fingerprint density at radius 1 is 1.04 bits per heavy atom. The van der Waals surface area contributed by atoms with E-state index in [1.165, 1.54) is 12.1 Å². The van der Waals surface area contributed by atoms with Crippen LogP contribution in [0.1, 0.15) is 16.7 Å². The number of rotatable bonds is 7. The number of halogens is 3. The van der Waals surface area contributed by atoms with Crippen molar-refractivity contribution in [3.8, 4) is 6.07 Å². The van der Waals surface area contributed by atoms with Crippen LogP contribution in [0.4, 0.5) is 30.2 Å². The third kappa shape index (κ3) is 5.28. The zero-order chi connectivity index (χ0) is 20.7. The Morgan fingerprint density at radius 3 is 2.25 bits per heavy atom. The van der Waals surface area contributed by atoms with Gasteiger partial charge in [-0.05, 0) is 48.9 Å². The van der Waals surface area contributed by atoms with Crippen LogP contribution in [0, 0.1) is 18.3 Å². The molecule has 2 aromatic rings. The molecule has 0 atom stereocenters. The highest BCUT2D eigenvalue weighted by Crippen LogP contribution is 2.35. The maximum absolute atomic E-state index is 13.0. The molecule has 9 heteroatoms. The van der Waals surface area contributed by atoms with Crippen molar-refractivity contribution < 1.29 is 23.4 Å². The molecule has 28 heavy (non-hydrogen) atoms. The van der Waals surface area contributed by atoms with E-state index in [1.54, 1.807) is 30.0 Å². The number of anilines is 1. The summed E-state index contributed by atoms with van der Waals surface area (Å²) in [6, 6.07) is 9.84. The Labute approximate surface area is 160 Å². The first-order chi connectivity index (χ1) is 13.3. The fourth-order valence-electron chi connectivity index (χ4n) is 2.60. The third-order valence-electron chi connectivity index (χ3n) is 3.99. The number of aryl methyl sites for hydroxylation is 1. The lowest BCUT2D eigenvalue weighted by Crippen LogP contribution is -2.29. The molecule has 6 nitrogen and oxygen atoms in total. The van der Waals surface area contributed by atoms with Crippen LogP contribution in [0.3, 0.4) is 0 Å². The van der Waals surface area contributed by atoms with E-state index in [1.807, 2.05) is 0 Å². The van der Waals surface area contributed by atoms with Gasteiger partial charge in [0.2, 0.25) is 0 Å². The van der Waals surface area contributed by atoms with Gasteiger partial charge in [-0.25, -0.2) is 0 Å². The summed E-state index contributed by atoms with van der Waals surface area (Å²) in [4.78, 5) is 1.80. The summed E-state index contributed by atoms with van der Waals surface area (Å²) in [7, 11) is 0. The SMILES string of the molecule is Cc1cc(N(CCO)CCO)ccc1N=Nc1ccc(C#N)c(C(F)(F)F)c1. The van der Waals surface area contributed by atoms with Crippen LogP contribution in [-0.2, 0) is 6.18 Å². The lowest BCUT2D eigenvalue weighted by Gasteiger charge is -2.23. The molecule has 0 unspecified atom stereocenters. The number of aliphatic hydroxyl groups is 2. The predicted octanol–water partition coefficient (Wildman–Crippen LogP) is 4.09. The molecule has 0 aliphatic heterocycles. The molecule has 0 aliphatic carbocycles. The Bertz CT molecular complexity index is 886. The number of nitriles is 1. The minimum Gasteiger partial charge on any atom is -0.395 e. The molecule has 0 fully saturated rings. The molecule has 2 aromatic carbocycles. The van der Waals surface area contributed by atoms with Crippen LogP contribution in [0.5, 0.6) is 0 Å². The maximum Gasteiger partial charge on any atom is 0.417 e. The Balaban J connectivity index is 2.28. The summed E-state index contributed by atoms with van der Waals surface area (Å²) in [6.45, 7) is 2.34. The van der Waals surface area contributed by atoms with Gasteiger partial charge in [-0.2, -0.15) is 28.7 Å². The van der Waals surface area contributed by atoms with Crippen LogP contribution in [0.25, 0.3) is 0 Å². The fraction of sp³-hybridized carbons (Fsp3) is 0.316. The van der Waals surface area contributed by atoms with Gasteiger partial charge in [0.15, 0.2) is 0 Å². The van der Waals surface area contributed by atoms with Crippen molar-refractivity contribution >= 4 is 17.1 Å². The average Bonchev–Trinajstić information content (AvgIpc) is 2.66. The highest BCUT2D eigenvalue weighted by molar-refractivity contribution is 5.58. The smallest absolute Gasteiger partial charge is 0.395 e. The fourth-order valence-corrected chi connectivity index (χ4v) is 2.60. The number of aliphatic hydroxyl groups excluding tert-OH is 2. The average molecular weight is 392 g/mol. The highest BCUT2D eigenvalue weighted by Gasteiger charge is 2.33. The van der Waals surface area contributed by atoms with Gasteiger partial charge < -0.3 is 15.1 Å². The second kappa shape index (κ2) is 9.30. The van der Waals surface area contributed by atoms with E-state index in [2.05, 4.69) is 10.2 Å². The number of nitrogens with zero attached hydrogens (tertiary/aromatic N) is 4. The van der Waals surface area contributed by atoms with Gasteiger partial charge >= 0.3 is 6.18 Å². The first kappa shape index (κ1) is 21.3. The number of alkyl halides is 3. The summed E-state index contributed by atoms with van der Waals surface area (Å²) >= 11 is 0. The molecule has 0 radical (unpaired) electrons. The van der Waals surface area contributed by atoms with Crippen LogP contribution < -0.4 is 4.90 Å². The minimum atomic E-state index is -4.66. The lowest BCUT2D eigenvalue weighted by molar-refractivity contribution is -0.137. The Kier molecular flexibility index (Phi) is 7.09. The molecule has 0 aromatic heterocycles. The van der Waals surface area contributed by atoms with E-state index in [4.69, 9.17) is 15.5 Å². The van der Waals surface area contributed by atoms with Crippen molar-refractivity contribution in [2.45, 2.75) is 13.1 Å². The molecule has 2 rings (SSSR count). The van der Waals surface area contributed by atoms with Crippen LogP contribution >= 0.6 is 0 Å². The lowest BCUT2D eigenvalue weighted by atomic mass is 10.1. The van der Waals surface area contributed by atoms with Crippen molar-refractivity contribution in [3.05, 3.63) is 53.1 Å². The standard InChI is InChI=1S/C19H19F3N4O2/c1-13-10-16(26(6-8-27)7-9-28)4-5-18(13)25-24-15-3-2-14(12-23)17(11-15)19(20,21)22/h2-5,10-11,27-28H,6-9H2,1H3. The van der Waals surface area contributed by atoms with Crippen molar-refractivity contribution in [1.82, 2.24) is 0 Å². The first-order valence-electron chi connectivity index (χ1n) is 8.40. The van der Waals surface area contributed by atoms with Gasteiger partial charge in [0.1, 0.15) is 0 Å². The molecule has 0 saturated heterocycles. The van der Waals surface area contributed by atoms with Gasteiger partial charge in [0.05, 0.1) is 41.8 Å². The topological polar surface area (TPSA) is 92.2 Å². The summed E-state index contributed by atoms with van der Waals surface area (Å²) in [6.07, 6.45) is -4.66. The number of hydrogen-bond donors (Lipinski definition) is 2. The molecule has 2 N–H and O–H groups in total. The maximum atomic E-state index is 13.0. The quantitative estimate of drug-likeness (QED) is 0.694. The molecular formula is C19H19F3N4O2. The zero-order valence-electron chi connectivity index (χ0n) is 15.1. The number of hydrogen-bond acceptors (Lipinski definition) is 6. The molecule has 0 amide bonds. The van der Waals surface area contributed by atoms with Gasteiger partial charge in [0.25, 0.3) is 0 Å². The zero-order valence-corrected chi connectivity index (χ0v) is 15.1. The summed E-state index contributed by atoms with van der Waals surface area (Å²) in [5, 5.41) is 34.9. The normalized spacial score (nSPS) is 11.6. The first-order valence-corrected chi connectivity index (χ1v) is 8.40. The van der Waals surface area contributed by atoms with Gasteiger partial charge in [-0.15, -0.1) is 0 Å². The monoisotopic (exact) mass is 392 g/mol. The largest absolute Gasteiger partial charge is 0.417 e. The molecule has 0 aliphatic rings. The molecule has 0 bridgehead atoms. The molecule has 148 valence electrons. The van der Waals surface area contributed by atoms with Crippen molar-refractivity contribution in [1.29, 1.82) is 5.26 Å². The van der Waals surface area contributed by atoms with Crippen molar-refractivity contribution in [2.75, 3.05) is 31.2 Å². The second-order valence-electron chi connectivity index (χ2n) is 5.94. The van der Waals surface area contributed by atoms with Gasteiger partial charge in [-0.3, -0.25) is 0 Å². The van der Waals surface area contributed by atoms with Crippen molar-refractivity contribution in [3.63, 3.8) is 0 Å². The summed E-state index contributed by atoms with van der Waals surface area (Å²) in [5.74, 6) is 0.